The van der Waals surface area contributed by atoms with E-state index in [1.807, 2.05) is 75.4 Å². The molecule has 1 saturated heterocycles. The summed E-state index contributed by atoms with van der Waals surface area (Å²) in [5, 5.41) is 3.94. The Hall–Kier alpha value is -3.23. The fraction of sp³-hybridized carbons (Fsp3) is 0.357. The van der Waals surface area contributed by atoms with Crippen LogP contribution in [0, 0.1) is 26.7 Å². The number of rotatable bonds is 7. The number of piperidine rings is 1. The Morgan fingerprint density at radius 2 is 1.86 bits per heavy atom. The van der Waals surface area contributed by atoms with Crippen LogP contribution in [-0.2, 0) is 14.8 Å². The van der Waals surface area contributed by atoms with Gasteiger partial charge in [-0.05, 0) is 69.9 Å². The molecule has 1 aliphatic rings. The topological polar surface area (TPSA) is 83.7 Å². The van der Waals surface area contributed by atoms with Crippen LogP contribution in [0.5, 0.6) is 0 Å². The lowest BCUT2D eigenvalue weighted by Crippen LogP contribution is -2.47. The molecule has 1 amide bonds. The number of hydrogen-bond donors (Lipinski definition) is 0. The van der Waals surface area contributed by atoms with Gasteiger partial charge in [0.1, 0.15) is 5.69 Å². The highest BCUT2D eigenvalue weighted by atomic mass is 32.2. The van der Waals surface area contributed by atoms with Crippen molar-refractivity contribution in [3.63, 3.8) is 0 Å². The smallest absolute Gasteiger partial charge is 0.248 e. The third kappa shape index (κ3) is 5.44. The van der Waals surface area contributed by atoms with Crippen molar-refractivity contribution in [3.8, 4) is 0 Å². The molecule has 1 unspecified atom stereocenters. The summed E-state index contributed by atoms with van der Waals surface area (Å²) in [6.45, 7) is 8.57. The molecular formula is C28H33N3O4S. The van der Waals surface area contributed by atoms with Gasteiger partial charge in [0.05, 0.1) is 5.92 Å². The number of aryl methyl sites for hydroxylation is 3. The van der Waals surface area contributed by atoms with Gasteiger partial charge in [-0.1, -0.05) is 53.2 Å². The van der Waals surface area contributed by atoms with Crippen molar-refractivity contribution in [2.45, 2.75) is 45.4 Å². The highest BCUT2D eigenvalue weighted by Crippen LogP contribution is 2.30. The fourth-order valence-corrected chi connectivity index (χ4v) is 6.40. The molecule has 1 fully saturated rings. The molecule has 0 saturated carbocycles. The minimum atomic E-state index is -3.91. The van der Waals surface area contributed by atoms with Gasteiger partial charge >= 0.3 is 0 Å². The van der Waals surface area contributed by atoms with Gasteiger partial charge in [-0.25, -0.2) is 8.42 Å². The van der Waals surface area contributed by atoms with Crippen LogP contribution >= 0.6 is 0 Å². The number of sulfonamides is 1. The SMILES string of the molecule is CCN(C(=O)C1CCCN(S(=O)(=O)c2c(C)noc2C=Cc2ccc(C)cc2)C1)c1cccc(C)c1. The van der Waals surface area contributed by atoms with Gasteiger partial charge < -0.3 is 9.42 Å². The maximum absolute atomic E-state index is 13.7. The number of nitrogens with zero attached hydrogens (tertiary/aromatic N) is 3. The van der Waals surface area contributed by atoms with Crippen LogP contribution in [0.4, 0.5) is 5.69 Å². The monoisotopic (exact) mass is 507 g/mol. The lowest BCUT2D eigenvalue weighted by Gasteiger charge is -2.34. The molecule has 0 spiro atoms. The summed E-state index contributed by atoms with van der Waals surface area (Å²) >= 11 is 0. The molecule has 1 atom stereocenters. The van der Waals surface area contributed by atoms with Crippen LogP contribution in [0.2, 0.25) is 0 Å². The van der Waals surface area contributed by atoms with E-state index in [0.29, 0.717) is 31.6 Å². The highest BCUT2D eigenvalue weighted by Gasteiger charge is 2.38. The summed E-state index contributed by atoms with van der Waals surface area (Å²) < 4.78 is 34.3. The van der Waals surface area contributed by atoms with Gasteiger partial charge in [0.15, 0.2) is 10.7 Å². The summed E-state index contributed by atoms with van der Waals surface area (Å²) in [7, 11) is -3.91. The second kappa shape index (κ2) is 10.8. The van der Waals surface area contributed by atoms with Crippen molar-refractivity contribution in [1.29, 1.82) is 0 Å². The van der Waals surface area contributed by atoms with Gasteiger partial charge in [-0.2, -0.15) is 4.31 Å². The Bertz CT molecular complexity index is 1360. The third-order valence-electron chi connectivity index (χ3n) is 6.56. The number of benzene rings is 2. The van der Waals surface area contributed by atoms with Crippen molar-refractivity contribution < 1.29 is 17.7 Å². The zero-order chi connectivity index (χ0) is 25.9. The van der Waals surface area contributed by atoms with Crippen molar-refractivity contribution in [2.75, 3.05) is 24.5 Å². The van der Waals surface area contributed by atoms with E-state index in [1.54, 1.807) is 17.9 Å². The molecule has 7 nitrogen and oxygen atoms in total. The Kier molecular flexibility index (Phi) is 7.76. The number of aromatic nitrogens is 1. The molecule has 0 N–H and O–H groups in total. The van der Waals surface area contributed by atoms with Crippen LogP contribution < -0.4 is 4.90 Å². The normalized spacial score (nSPS) is 16.9. The summed E-state index contributed by atoms with van der Waals surface area (Å²) in [5.41, 5.74) is 4.28. The van der Waals surface area contributed by atoms with E-state index in [1.165, 1.54) is 4.31 Å². The Labute approximate surface area is 213 Å². The van der Waals surface area contributed by atoms with E-state index in [4.69, 9.17) is 4.52 Å². The molecule has 1 aliphatic heterocycles. The first-order chi connectivity index (χ1) is 17.2. The first-order valence-corrected chi connectivity index (χ1v) is 13.7. The maximum Gasteiger partial charge on any atom is 0.248 e. The lowest BCUT2D eigenvalue weighted by molar-refractivity contribution is -0.123. The third-order valence-corrected chi connectivity index (χ3v) is 8.59. The first-order valence-electron chi connectivity index (χ1n) is 12.3. The molecule has 36 heavy (non-hydrogen) atoms. The summed E-state index contributed by atoms with van der Waals surface area (Å²) in [6, 6.07) is 15.7. The van der Waals surface area contributed by atoms with E-state index < -0.39 is 15.9 Å². The zero-order valence-electron chi connectivity index (χ0n) is 21.3. The maximum atomic E-state index is 13.7. The quantitative estimate of drug-likeness (QED) is 0.438. The van der Waals surface area contributed by atoms with Gasteiger partial charge in [-0.3, -0.25) is 4.79 Å². The van der Waals surface area contributed by atoms with Crippen LogP contribution in [0.15, 0.2) is 57.9 Å². The largest absolute Gasteiger partial charge is 0.355 e. The number of amides is 1. The van der Waals surface area contributed by atoms with Crippen molar-refractivity contribution in [3.05, 3.63) is 76.7 Å². The highest BCUT2D eigenvalue weighted by molar-refractivity contribution is 7.89. The molecule has 190 valence electrons. The van der Waals surface area contributed by atoms with Crippen LogP contribution in [0.25, 0.3) is 12.2 Å². The van der Waals surface area contributed by atoms with Crippen LogP contribution in [-0.4, -0.2) is 43.4 Å². The van der Waals surface area contributed by atoms with E-state index in [2.05, 4.69) is 5.16 Å². The summed E-state index contributed by atoms with van der Waals surface area (Å²) in [5.74, 6) is -0.276. The molecular weight excluding hydrogens is 474 g/mol. The Morgan fingerprint density at radius 3 is 2.56 bits per heavy atom. The standard InChI is InChI=1S/C28H33N3O4S/c1-5-31(25-10-6-8-21(3)18-25)28(32)24-9-7-17-30(19-24)36(33,34)27-22(4)29-35-26(27)16-15-23-13-11-20(2)12-14-23/h6,8,10-16,18,24H,5,7,9,17,19H2,1-4H3. The average molecular weight is 508 g/mol. The first kappa shape index (κ1) is 25.9. The zero-order valence-corrected chi connectivity index (χ0v) is 22.1. The Morgan fingerprint density at radius 1 is 1.11 bits per heavy atom. The average Bonchev–Trinajstić information content (AvgIpc) is 3.25. The molecule has 0 radical (unpaired) electrons. The minimum Gasteiger partial charge on any atom is -0.355 e. The lowest BCUT2D eigenvalue weighted by atomic mass is 9.97. The molecule has 1 aromatic heterocycles. The minimum absolute atomic E-state index is 0.0514. The van der Waals surface area contributed by atoms with Crippen LogP contribution in [0.3, 0.4) is 0 Å². The van der Waals surface area contributed by atoms with Crippen molar-refractivity contribution in [1.82, 2.24) is 9.46 Å². The van der Waals surface area contributed by atoms with Crippen molar-refractivity contribution in [2.24, 2.45) is 5.92 Å². The Balaban J connectivity index is 1.57. The molecule has 8 heteroatoms. The molecule has 0 aliphatic carbocycles. The number of hydrogen-bond acceptors (Lipinski definition) is 5. The second-order valence-electron chi connectivity index (χ2n) is 9.33. The summed E-state index contributed by atoms with van der Waals surface area (Å²) in [4.78, 5) is 15.3. The van der Waals surface area contributed by atoms with Crippen LogP contribution in [0.1, 0.15) is 47.9 Å². The van der Waals surface area contributed by atoms with Gasteiger partial charge in [0, 0.05) is 25.3 Å². The van der Waals surface area contributed by atoms with E-state index in [0.717, 1.165) is 22.4 Å². The van der Waals surface area contributed by atoms with E-state index in [-0.39, 0.29) is 23.1 Å². The van der Waals surface area contributed by atoms with E-state index in [9.17, 15) is 13.2 Å². The summed E-state index contributed by atoms with van der Waals surface area (Å²) in [6.07, 6.45) is 4.71. The fourth-order valence-electron chi connectivity index (χ4n) is 4.62. The van der Waals surface area contributed by atoms with Crippen molar-refractivity contribution >= 4 is 33.8 Å². The van der Waals surface area contributed by atoms with Gasteiger partial charge in [0.2, 0.25) is 15.9 Å². The molecule has 4 rings (SSSR count). The number of anilines is 1. The predicted octanol–water partition coefficient (Wildman–Crippen LogP) is 5.22. The second-order valence-corrected chi connectivity index (χ2v) is 11.2. The van der Waals surface area contributed by atoms with Gasteiger partial charge in [0.25, 0.3) is 0 Å². The molecule has 0 bridgehead atoms. The van der Waals surface area contributed by atoms with E-state index >= 15 is 0 Å². The van der Waals surface area contributed by atoms with Gasteiger partial charge in [-0.15, -0.1) is 0 Å². The molecule has 3 aromatic rings. The molecule has 2 aromatic carbocycles. The number of carbonyl (C=O) groups excluding carboxylic acids is 1. The number of carbonyl (C=O) groups is 1. The predicted molar refractivity (Wildman–Crippen MR) is 142 cm³/mol. The molecule has 2 heterocycles.